The highest BCUT2D eigenvalue weighted by Crippen LogP contribution is 2.66. The minimum absolute atomic E-state index is 0.585. The van der Waals surface area contributed by atoms with E-state index in [0.717, 1.165) is 0 Å². The van der Waals surface area contributed by atoms with Gasteiger partial charge in [0.2, 0.25) is 0 Å². The SMILES string of the molecule is OC(C1C2C=CC(C2)C1C(O)(C(F)(F)F)C(F)(F)F)(C(F)(F)F)C(F)(F)F. The molecule has 2 aliphatic rings. The molecule has 4 unspecified atom stereocenters. The van der Waals surface area contributed by atoms with Crippen molar-refractivity contribution in [3.8, 4) is 0 Å². The molecule has 14 heteroatoms. The molecular weight excluding hydrogens is 416 g/mol. The van der Waals surface area contributed by atoms with Crippen LogP contribution in [0.5, 0.6) is 0 Å². The summed E-state index contributed by atoms with van der Waals surface area (Å²) >= 11 is 0. The van der Waals surface area contributed by atoms with Gasteiger partial charge in [0.1, 0.15) is 0 Å². The molecule has 0 aromatic heterocycles. The zero-order valence-electron chi connectivity index (χ0n) is 12.6. The molecule has 2 bridgehead atoms. The van der Waals surface area contributed by atoms with Gasteiger partial charge in [-0.3, -0.25) is 0 Å². The highest BCUT2D eigenvalue weighted by Gasteiger charge is 2.84. The molecule has 0 heterocycles. The topological polar surface area (TPSA) is 40.5 Å². The van der Waals surface area contributed by atoms with Crippen LogP contribution in [-0.4, -0.2) is 46.1 Å². The van der Waals surface area contributed by atoms with E-state index in [0.29, 0.717) is 12.2 Å². The zero-order valence-corrected chi connectivity index (χ0v) is 12.6. The Morgan fingerprint density at radius 2 is 0.741 bits per heavy atom. The Kier molecular flexibility index (Phi) is 4.65. The molecule has 0 aliphatic heterocycles. The van der Waals surface area contributed by atoms with Crippen molar-refractivity contribution in [1.29, 1.82) is 0 Å². The number of alkyl halides is 12. The van der Waals surface area contributed by atoms with Crippen LogP contribution in [0.25, 0.3) is 0 Å². The van der Waals surface area contributed by atoms with E-state index < -0.39 is 66.0 Å². The van der Waals surface area contributed by atoms with Crippen LogP contribution in [-0.2, 0) is 0 Å². The van der Waals surface area contributed by atoms with Gasteiger partial charge in [0.15, 0.2) is 0 Å². The van der Waals surface area contributed by atoms with Crippen LogP contribution in [0.3, 0.4) is 0 Å². The van der Waals surface area contributed by atoms with E-state index in [-0.39, 0.29) is 0 Å². The van der Waals surface area contributed by atoms with Crippen molar-refractivity contribution in [1.82, 2.24) is 0 Å². The Morgan fingerprint density at radius 1 is 0.519 bits per heavy atom. The average molecular weight is 426 g/mol. The highest BCUT2D eigenvalue weighted by atomic mass is 19.4. The Labute approximate surface area is 142 Å². The predicted molar refractivity (Wildman–Crippen MR) is 61.8 cm³/mol. The van der Waals surface area contributed by atoms with E-state index in [1.807, 2.05) is 0 Å². The van der Waals surface area contributed by atoms with E-state index in [1.54, 1.807) is 0 Å². The van der Waals surface area contributed by atoms with Gasteiger partial charge >= 0.3 is 24.7 Å². The van der Waals surface area contributed by atoms with E-state index >= 15 is 0 Å². The fraction of sp³-hybridized carbons (Fsp3) is 0.846. The number of allylic oxidation sites excluding steroid dienone is 2. The van der Waals surface area contributed by atoms with E-state index in [1.165, 1.54) is 0 Å². The molecule has 0 spiro atoms. The van der Waals surface area contributed by atoms with Crippen LogP contribution in [0.15, 0.2) is 12.2 Å². The van der Waals surface area contributed by atoms with Gasteiger partial charge in [-0.05, 0) is 18.3 Å². The maximum Gasteiger partial charge on any atom is 0.426 e. The monoisotopic (exact) mass is 426 g/mol. The standard InChI is InChI=1S/C13H10F12O2/c14-10(15,16)8(26,11(17,18)19)6-4-1-2-5(3-4)7(6)9(27,12(20,21)22)13(23,24)25/h1-2,4-7,26-27H,3H2. The van der Waals surface area contributed by atoms with Gasteiger partial charge in [0.25, 0.3) is 11.2 Å². The van der Waals surface area contributed by atoms with Crippen LogP contribution in [0.4, 0.5) is 52.7 Å². The summed E-state index contributed by atoms with van der Waals surface area (Å²) in [5.74, 6) is -11.5. The molecule has 0 aromatic rings. The molecule has 1 fully saturated rings. The molecule has 0 radical (unpaired) electrons. The third-order valence-electron chi connectivity index (χ3n) is 5.15. The van der Waals surface area contributed by atoms with Crippen molar-refractivity contribution in [2.75, 3.05) is 0 Å². The van der Waals surface area contributed by atoms with Crippen LogP contribution in [0, 0.1) is 23.7 Å². The maximum absolute atomic E-state index is 13.1. The molecule has 0 amide bonds. The Morgan fingerprint density at radius 3 is 0.926 bits per heavy atom. The Bertz CT molecular complexity index is 531. The first-order valence-electron chi connectivity index (χ1n) is 7.11. The fourth-order valence-corrected chi connectivity index (χ4v) is 4.04. The second-order valence-electron chi connectivity index (χ2n) is 6.52. The summed E-state index contributed by atoms with van der Waals surface area (Å²) in [6.45, 7) is 0. The van der Waals surface area contributed by atoms with E-state index in [9.17, 15) is 62.9 Å². The van der Waals surface area contributed by atoms with Crippen molar-refractivity contribution in [3.63, 3.8) is 0 Å². The number of hydrogen-bond acceptors (Lipinski definition) is 2. The summed E-state index contributed by atoms with van der Waals surface area (Å²) in [7, 11) is 0. The van der Waals surface area contributed by atoms with Crippen molar-refractivity contribution in [3.05, 3.63) is 12.2 Å². The predicted octanol–water partition coefficient (Wildman–Crippen LogP) is 4.14. The van der Waals surface area contributed by atoms with Gasteiger partial charge in [-0.1, -0.05) is 12.2 Å². The molecule has 4 atom stereocenters. The third-order valence-corrected chi connectivity index (χ3v) is 5.15. The summed E-state index contributed by atoms with van der Waals surface area (Å²) in [6, 6.07) is 0. The molecule has 0 saturated heterocycles. The summed E-state index contributed by atoms with van der Waals surface area (Å²) in [4.78, 5) is 0. The molecule has 158 valence electrons. The molecule has 2 rings (SSSR count). The summed E-state index contributed by atoms with van der Waals surface area (Å²) < 4.78 is 157. The largest absolute Gasteiger partial charge is 0.426 e. The van der Waals surface area contributed by atoms with Gasteiger partial charge in [-0.15, -0.1) is 0 Å². The third kappa shape index (κ3) is 2.81. The van der Waals surface area contributed by atoms with Gasteiger partial charge in [0, 0.05) is 11.8 Å². The van der Waals surface area contributed by atoms with Crippen molar-refractivity contribution < 1.29 is 62.9 Å². The first kappa shape index (κ1) is 22.1. The van der Waals surface area contributed by atoms with Crippen LogP contribution in [0.2, 0.25) is 0 Å². The second kappa shape index (κ2) is 5.67. The zero-order chi connectivity index (χ0) is 21.4. The lowest BCUT2D eigenvalue weighted by molar-refractivity contribution is -0.423. The smallest absolute Gasteiger partial charge is 0.373 e. The van der Waals surface area contributed by atoms with Crippen LogP contribution in [0.1, 0.15) is 6.42 Å². The summed E-state index contributed by atoms with van der Waals surface area (Å²) in [6.07, 6.45) is -26.4. The van der Waals surface area contributed by atoms with Gasteiger partial charge in [-0.2, -0.15) is 52.7 Å². The molecule has 27 heavy (non-hydrogen) atoms. The van der Waals surface area contributed by atoms with Gasteiger partial charge < -0.3 is 10.2 Å². The number of hydrogen-bond donors (Lipinski definition) is 2. The van der Waals surface area contributed by atoms with Gasteiger partial charge in [0.05, 0.1) is 0 Å². The minimum atomic E-state index is -6.65. The number of fused-ring (bicyclic) bond motifs is 2. The van der Waals surface area contributed by atoms with Crippen molar-refractivity contribution in [2.24, 2.45) is 23.7 Å². The molecule has 2 nitrogen and oxygen atoms in total. The Balaban J connectivity index is 2.78. The average Bonchev–Trinajstić information content (AvgIpc) is 3.00. The van der Waals surface area contributed by atoms with E-state index in [4.69, 9.17) is 0 Å². The van der Waals surface area contributed by atoms with Crippen molar-refractivity contribution >= 4 is 0 Å². The number of aliphatic hydroxyl groups is 2. The summed E-state index contributed by atoms with van der Waals surface area (Å²) in [5, 5.41) is 18.9. The quantitative estimate of drug-likeness (QED) is 0.515. The fourth-order valence-electron chi connectivity index (χ4n) is 4.04. The van der Waals surface area contributed by atoms with Gasteiger partial charge in [-0.25, -0.2) is 0 Å². The Hall–Kier alpha value is -1.18. The number of halogens is 12. The molecule has 2 aliphatic carbocycles. The first-order chi connectivity index (χ1) is 11.7. The normalized spacial score (nSPS) is 30.3. The highest BCUT2D eigenvalue weighted by molar-refractivity contribution is 5.25. The van der Waals surface area contributed by atoms with E-state index in [2.05, 4.69) is 0 Å². The molecule has 2 N–H and O–H groups in total. The minimum Gasteiger partial charge on any atom is -0.373 e. The molecular formula is C13H10F12O2. The molecule has 0 aromatic carbocycles. The second-order valence-corrected chi connectivity index (χ2v) is 6.52. The molecule has 1 saturated carbocycles. The maximum atomic E-state index is 13.1. The van der Waals surface area contributed by atoms with Crippen molar-refractivity contribution in [2.45, 2.75) is 42.3 Å². The van der Waals surface area contributed by atoms with Crippen LogP contribution >= 0.6 is 0 Å². The first-order valence-corrected chi connectivity index (χ1v) is 7.11. The lowest BCUT2D eigenvalue weighted by atomic mass is 9.64. The number of rotatable bonds is 2. The lowest BCUT2D eigenvalue weighted by Crippen LogP contribution is -2.71. The van der Waals surface area contributed by atoms with Crippen LogP contribution < -0.4 is 0 Å². The summed E-state index contributed by atoms with van der Waals surface area (Å²) in [5.41, 5.74) is -11.8. The lowest BCUT2D eigenvalue weighted by Gasteiger charge is -2.48.